The first-order chi connectivity index (χ1) is 9.18. The Labute approximate surface area is 119 Å². The fourth-order valence-corrected chi connectivity index (χ4v) is 3.10. The first kappa shape index (κ1) is 14.5. The summed E-state index contributed by atoms with van der Waals surface area (Å²) in [6.45, 7) is 0.453. The molecular formula is C15H21ClN2O. The maximum Gasteiger partial charge on any atom is 0.144 e. The van der Waals surface area contributed by atoms with Gasteiger partial charge in [-0.2, -0.15) is 0 Å². The van der Waals surface area contributed by atoms with Gasteiger partial charge in [-0.1, -0.05) is 37.3 Å². The van der Waals surface area contributed by atoms with Crippen molar-refractivity contribution in [3.63, 3.8) is 0 Å². The van der Waals surface area contributed by atoms with Crippen molar-refractivity contribution in [1.29, 1.82) is 0 Å². The predicted molar refractivity (Wildman–Crippen MR) is 77.1 cm³/mol. The number of ketones is 1. The molecule has 0 saturated heterocycles. The SMILES string of the molecule is NCC1(C(=O)Cc2ccncc2Cl)CCCCCC1. The third-order valence-corrected chi connectivity index (χ3v) is 4.59. The summed E-state index contributed by atoms with van der Waals surface area (Å²) in [6, 6.07) is 1.82. The van der Waals surface area contributed by atoms with Crippen molar-refractivity contribution in [2.45, 2.75) is 44.9 Å². The van der Waals surface area contributed by atoms with Gasteiger partial charge in [-0.05, 0) is 24.5 Å². The maximum atomic E-state index is 12.7. The molecule has 0 unspecified atom stereocenters. The number of nitrogens with two attached hydrogens (primary N) is 1. The van der Waals surface area contributed by atoms with Crippen LogP contribution < -0.4 is 5.73 Å². The fraction of sp³-hybridized carbons (Fsp3) is 0.600. The molecule has 2 rings (SSSR count). The minimum Gasteiger partial charge on any atom is -0.329 e. The highest BCUT2D eigenvalue weighted by atomic mass is 35.5. The number of hydrogen-bond donors (Lipinski definition) is 1. The lowest BCUT2D eigenvalue weighted by atomic mass is 9.75. The third-order valence-electron chi connectivity index (χ3n) is 4.25. The Morgan fingerprint density at radius 2 is 2.00 bits per heavy atom. The van der Waals surface area contributed by atoms with E-state index in [1.165, 1.54) is 12.8 Å². The topological polar surface area (TPSA) is 56.0 Å². The molecule has 1 saturated carbocycles. The number of pyridine rings is 1. The van der Waals surface area contributed by atoms with Crippen LogP contribution in [0.4, 0.5) is 0 Å². The number of carbonyl (C=O) groups excluding carboxylic acids is 1. The molecule has 19 heavy (non-hydrogen) atoms. The van der Waals surface area contributed by atoms with Crippen LogP contribution in [0.1, 0.15) is 44.1 Å². The van der Waals surface area contributed by atoms with Crippen molar-refractivity contribution in [3.05, 3.63) is 29.0 Å². The highest BCUT2D eigenvalue weighted by Crippen LogP contribution is 2.36. The molecule has 1 aromatic heterocycles. The van der Waals surface area contributed by atoms with Crippen molar-refractivity contribution in [3.8, 4) is 0 Å². The van der Waals surface area contributed by atoms with E-state index < -0.39 is 0 Å². The minimum absolute atomic E-state index is 0.241. The number of hydrogen-bond acceptors (Lipinski definition) is 3. The largest absolute Gasteiger partial charge is 0.329 e. The lowest BCUT2D eigenvalue weighted by Crippen LogP contribution is -2.39. The molecule has 2 N–H and O–H groups in total. The molecule has 0 radical (unpaired) electrons. The van der Waals surface area contributed by atoms with Gasteiger partial charge in [-0.15, -0.1) is 0 Å². The number of Topliss-reactive ketones (excluding diaryl/α,β-unsaturated/α-hetero) is 1. The van der Waals surface area contributed by atoms with E-state index in [9.17, 15) is 4.79 Å². The zero-order valence-corrected chi connectivity index (χ0v) is 12.0. The second kappa shape index (κ2) is 6.49. The second-order valence-corrected chi connectivity index (χ2v) is 5.87. The molecule has 4 heteroatoms. The average molecular weight is 281 g/mol. The zero-order valence-electron chi connectivity index (χ0n) is 11.2. The lowest BCUT2D eigenvalue weighted by Gasteiger charge is -2.29. The van der Waals surface area contributed by atoms with Crippen molar-refractivity contribution >= 4 is 17.4 Å². The Morgan fingerprint density at radius 3 is 2.58 bits per heavy atom. The summed E-state index contributed by atoms with van der Waals surface area (Å²) in [5.74, 6) is 0.241. The molecule has 1 aliphatic carbocycles. The summed E-state index contributed by atoms with van der Waals surface area (Å²) in [5, 5.41) is 0.566. The molecule has 1 heterocycles. The second-order valence-electron chi connectivity index (χ2n) is 5.47. The molecule has 0 aliphatic heterocycles. The van der Waals surface area contributed by atoms with E-state index in [4.69, 9.17) is 17.3 Å². The standard InChI is InChI=1S/C15H21ClN2O/c16-13-10-18-8-5-12(13)9-14(19)15(11-17)6-3-1-2-4-7-15/h5,8,10H,1-4,6-7,9,11,17H2. The van der Waals surface area contributed by atoms with E-state index in [1.54, 1.807) is 12.4 Å². The third kappa shape index (κ3) is 3.34. The van der Waals surface area contributed by atoms with Gasteiger partial charge in [0.1, 0.15) is 5.78 Å². The number of halogens is 1. The molecule has 3 nitrogen and oxygen atoms in total. The summed E-state index contributed by atoms with van der Waals surface area (Å²) in [5.41, 5.74) is 6.46. The van der Waals surface area contributed by atoms with E-state index in [2.05, 4.69) is 4.98 Å². The van der Waals surface area contributed by atoms with Gasteiger partial charge in [0, 0.05) is 30.8 Å². The van der Waals surface area contributed by atoms with Crippen LogP contribution in [0.3, 0.4) is 0 Å². The summed E-state index contributed by atoms with van der Waals surface area (Å²) in [7, 11) is 0. The Bertz CT molecular complexity index is 440. The molecule has 0 bridgehead atoms. The van der Waals surface area contributed by atoms with Crippen LogP contribution in [-0.2, 0) is 11.2 Å². The molecule has 1 aliphatic rings. The van der Waals surface area contributed by atoms with E-state index >= 15 is 0 Å². The van der Waals surface area contributed by atoms with Gasteiger partial charge in [0.2, 0.25) is 0 Å². The maximum absolute atomic E-state index is 12.7. The smallest absolute Gasteiger partial charge is 0.144 e. The highest BCUT2D eigenvalue weighted by molar-refractivity contribution is 6.31. The van der Waals surface area contributed by atoms with Crippen LogP contribution in [-0.4, -0.2) is 17.3 Å². The molecule has 1 aromatic rings. The van der Waals surface area contributed by atoms with Gasteiger partial charge in [-0.3, -0.25) is 9.78 Å². The summed E-state index contributed by atoms with van der Waals surface area (Å²) in [6.07, 6.45) is 10.1. The minimum atomic E-state index is -0.330. The van der Waals surface area contributed by atoms with Gasteiger partial charge in [0.25, 0.3) is 0 Å². The zero-order chi connectivity index (χ0) is 13.7. The van der Waals surface area contributed by atoms with E-state index in [0.717, 1.165) is 31.2 Å². The number of rotatable bonds is 4. The normalized spacial score (nSPS) is 18.8. The molecule has 0 amide bonds. The lowest BCUT2D eigenvalue weighted by molar-refractivity contribution is -0.128. The Hall–Kier alpha value is -0.930. The van der Waals surface area contributed by atoms with E-state index in [1.807, 2.05) is 6.07 Å². The summed E-state index contributed by atoms with van der Waals surface area (Å²) >= 11 is 6.08. The van der Waals surface area contributed by atoms with Gasteiger partial charge < -0.3 is 5.73 Å². The number of carbonyl (C=O) groups is 1. The van der Waals surface area contributed by atoms with Crippen LogP contribution in [0, 0.1) is 5.41 Å². The average Bonchev–Trinajstić information content (AvgIpc) is 2.67. The van der Waals surface area contributed by atoms with Crippen LogP contribution in [0.15, 0.2) is 18.5 Å². The van der Waals surface area contributed by atoms with Crippen molar-refractivity contribution in [2.24, 2.45) is 11.1 Å². The molecule has 0 atom stereocenters. The van der Waals surface area contributed by atoms with Crippen LogP contribution in [0.2, 0.25) is 5.02 Å². The Morgan fingerprint density at radius 1 is 1.32 bits per heavy atom. The molecular weight excluding hydrogens is 260 g/mol. The Balaban J connectivity index is 2.14. The van der Waals surface area contributed by atoms with E-state index in [0.29, 0.717) is 18.0 Å². The van der Waals surface area contributed by atoms with Gasteiger partial charge in [0.05, 0.1) is 5.02 Å². The van der Waals surface area contributed by atoms with Crippen LogP contribution in [0.5, 0.6) is 0 Å². The molecule has 0 aromatic carbocycles. The predicted octanol–water partition coefficient (Wildman–Crippen LogP) is 3.15. The first-order valence-corrected chi connectivity index (χ1v) is 7.37. The molecule has 1 fully saturated rings. The quantitative estimate of drug-likeness (QED) is 0.862. The monoisotopic (exact) mass is 280 g/mol. The van der Waals surface area contributed by atoms with E-state index in [-0.39, 0.29) is 11.2 Å². The number of nitrogens with zero attached hydrogens (tertiary/aromatic N) is 1. The van der Waals surface area contributed by atoms with Gasteiger partial charge in [0.15, 0.2) is 0 Å². The van der Waals surface area contributed by atoms with Crippen molar-refractivity contribution in [2.75, 3.05) is 6.54 Å². The number of aromatic nitrogens is 1. The fourth-order valence-electron chi connectivity index (χ4n) is 2.91. The molecule has 104 valence electrons. The van der Waals surface area contributed by atoms with Crippen molar-refractivity contribution < 1.29 is 4.79 Å². The molecule has 0 spiro atoms. The first-order valence-electron chi connectivity index (χ1n) is 7.00. The van der Waals surface area contributed by atoms with Gasteiger partial charge in [-0.25, -0.2) is 0 Å². The van der Waals surface area contributed by atoms with Crippen LogP contribution >= 0.6 is 11.6 Å². The van der Waals surface area contributed by atoms with Crippen molar-refractivity contribution in [1.82, 2.24) is 4.98 Å². The van der Waals surface area contributed by atoms with Gasteiger partial charge >= 0.3 is 0 Å². The highest BCUT2D eigenvalue weighted by Gasteiger charge is 2.36. The summed E-state index contributed by atoms with van der Waals surface area (Å²) < 4.78 is 0. The summed E-state index contributed by atoms with van der Waals surface area (Å²) in [4.78, 5) is 16.6. The van der Waals surface area contributed by atoms with Crippen LogP contribution in [0.25, 0.3) is 0 Å². The Kier molecular flexibility index (Phi) is 4.94.